The highest BCUT2D eigenvalue weighted by molar-refractivity contribution is 5.92. The molecule has 4 rings (SSSR count). The Balaban J connectivity index is 1.76. The summed E-state index contributed by atoms with van der Waals surface area (Å²) >= 11 is 0. The molecule has 4 aliphatic carbocycles. The largest absolute Gasteiger partial charge is 0.451 e. The number of carbonyl (C=O) groups is 3. The number of aliphatic hydroxyl groups excluding tert-OH is 2. The molecular formula is C23H32O6. The first-order valence-corrected chi connectivity index (χ1v) is 10.8. The van der Waals surface area contributed by atoms with Crippen LogP contribution < -0.4 is 0 Å². The number of aliphatic hydroxyl groups is 2. The molecule has 7 atom stereocenters. The number of fused-ring (bicyclic) bond motifs is 5. The molecule has 0 radical (unpaired) electrons. The number of ketones is 2. The maximum Gasteiger partial charge on any atom is 0.303 e. The summed E-state index contributed by atoms with van der Waals surface area (Å²) in [5.41, 5.74) is -1.12. The highest BCUT2D eigenvalue weighted by Crippen LogP contribution is 2.68. The fourth-order valence-corrected chi connectivity index (χ4v) is 7.73. The molecular weight excluding hydrogens is 372 g/mol. The standard InChI is InChI=1S/C23H32O6/c1-13(25)29-23(19(28)12-24)9-7-17-16-5-4-14-10-15(26)6-8-21(14,2)20(16)18(27)11-22(17,23)3/h10,16-18,20,24,27H,4-9,11-12H2,1-3H3. The van der Waals surface area contributed by atoms with Crippen LogP contribution in [0.25, 0.3) is 0 Å². The van der Waals surface area contributed by atoms with E-state index >= 15 is 0 Å². The normalized spacial score (nSPS) is 46.2. The summed E-state index contributed by atoms with van der Waals surface area (Å²) in [7, 11) is 0. The molecule has 29 heavy (non-hydrogen) atoms. The van der Waals surface area contributed by atoms with Gasteiger partial charge in [-0.2, -0.15) is 0 Å². The van der Waals surface area contributed by atoms with E-state index in [0.717, 1.165) is 31.3 Å². The van der Waals surface area contributed by atoms with Crippen molar-refractivity contribution in [3.63, 3.8) is 0 Å². The lowest BCUT2D eigenvalue weighted by Crippen LogP contribution is -2.63. The molecule has 0 aliphatic heterocycles. The second-order valence-corrected chi connectivity index (χ2v) is 10.1. The molecule has 0 bridgehead atoms. The van der Waals surface area contributed by atoms with E-state index in [1.165, 1.54) is 6.92 Å². The van der Waals surface area contributed by atoms with Gasteiger partial charge in [-0.1, -0.05) is 19.4 Å². The van der Waals surface area contributed by atoms with Crippen LogP contribution in [0.1, 0.15) is 65.7 Å². The third-order valence-corrected chi connectivity index (χ3v) is 8.93. The number of ether oxygens (including phenoxy) is 1. The number of rotatable bonds is 3. The SMILES string of the molecule is CC(=O)OC1(C(=O)CO)CCC2C3CCC4=CC(=O)CCC4(C)C3C(O)CC21C. The van der Waals surface area contributed by atoms with E-state index in [0.29, 0.717) is 19.3 Å². The molecule has 6 nitrogen and oxygen atoms in total. The zero-order valence-corrected chi connectivity index (χ0v) is 17.6. The van der Waals surface area contributed by atoms with Gasteiger partial charge in [-0.3, -0.25) is 14.4 Å². The maximum atomic E-state index is 12.9. The molecule has 0 aromatic rings. The summed E-state index contributed by atoms with van der Waals surface area (Å²) in [6.45, 7) is 4.76. The van der Waals surface area contributed by atoms with Crippen molar-refractivity contribution < 1.29 is 29.3 Å². The molecule has 0 aromatic carbocycles. The van der Waals surface area contributed by atoms with Crippen LogP contribution in [-0.2, 0) is 19.1 Å². The van der Waals surface area contributed by atoms with Gasteiger partial charge >= 0.3 is 5.97 Å². The van der Waals surface area contributed by atoms with E-state index in [-0.39, 0.29) is 29.0 Å². The van der Waals surface area contributed by atoms with Crippen LogP contribution in [-0.4, -0.2) is 46.1 Å². The Morgan fingerprint density at radius 1 is 1.21 bits per heavy atom. The minimum absolute atomic E-state index is 0.0334. The monoisotopic (exact) mass is 404 g/mol. The molecule has 7 unspecified atom stereocenters. The van der Waals surface area contributed by atoms with Crippen LogP contribution in [0.4, 0.5) is 0 Å². The third-order valence-electron chi connectivity index (χ3n) is 8.93. The van der Waals surface area contributed by atoms with Gasteiger partial charge in [0, 0.05) is 18.8 Å². The Morgan fingerprint density at radius 2 is 1.93 bits per heavy atom. The summed E-state index contributed by atoms with van der Waals surface area (Å²) in [4.78, 5) is 36.8. The van der Waals surface area contributed by atoms with Gasteiger partial charge < -0.3 is 14.9 Å². The molecule has 0 aromatic heterocycles. The molecule has 0 spiro atoms. The van der Waals surface area contributed by atoms with E-state index in [9.17, 15) is 24.6 Å². The number of esters is 1. The number of allylic oxidation sites excluding steroid dienone is 1. The molecule has 160 valence electrons. The maximum absolute atomic E-state index is 12.9. The van der Waals surface area contributed by atoms with Crippen LogP contribution >= 0.6 is 0 Å². The number of hydrogen-bond acceptors (Lipinski definition) is 6. The summed E-state index contributed by atoms with van der Waals surface area (Å²) in [5, 5.41) is 21.0. The van der Waals surface area contributed by atoms with Crippen LogP contribution in [0.3, 0.4) is 0 Å². The minimum atomic E-state index is -1.37. The van der Waals surface area contributed by atoms with Gasteiger partial charge in [0.05, 0.1) is 6.10 Å². The molecule has 0 heterocycles. The molecule has 3 fully saturated rings. The van der Waals surface area contributed by atoms with Crippen molar-refractivity contribution in [1.29, 1.82) is 0 Å². The molecule has 6 heteroatoms. The van der Waals surface area contributed by atoms with E-state index < -0.39 is 35.5 Å². The summed E-state index contributed by atoms with van der Waals surface area (Å²) < 4.78 is 5.68. The second-order valence-electron chi connectivity index (χ2n) is 10.1. The van der Waals surface area contributed by atoms with Crippen molar-refractivity contribution in [2.24, 2.45) is 28.6 Å². The highest BCUT2D eigenvalue weighted by Gasteiger charge is 2.70. The molecule has 2 N–H and O–H groups in total. The highest BCUT2D eigenvalue weighted by atomic mass is 16.6. The first-order chi connectivity index (χ1) is 13.6. The van der Waals surface area contributed by atoms with Gasteiger partial charge in [0.15, 0.2) is 11.4 Å². The Labute approximate surface area is 171 Å². The van der Waals surface area contributed by atoms with Crippen molar-refractivity contribution in [2.75, 3.05) is 6.61 Å². The van der Waals surface area contributed by atoms with Crippen molar-refractivity contribution in [3.05, 3.63) is 11.6 Å². The smallest absolute Gasteiger partial charge is 0.303 e. The molecule has 4 aliphatic rings. The van der Waals surface area contributed by atoms with E-state index in [2.05, 4.69) is 6.92 Å². The van der Waals surface area contributed by atoms with Crippen molar-refractivity contribution in [1.82, 2.24) is 0 Å². The zero-order chi connectivity index (χ0) is 21.2. The Kier molecular flexibility index (Phi) is 4.82. The average molecular weight is 405 g/mol. The summed E-state index contributed by atoms with van der Waals surface area (Å²) in [6, 6.07) is 0. The van der Waals surface area contributed by atoms with E-state index in [1.807, 2.05) is 6.92 Å². The molecule has 3 saturated carbocycles. The fraction of sp³-hybridized carbons (Fsp3) is 0.783. The van der Waals surface area contributed by atoms with Gasteiger partial charge in [0.1, 0.15) is 6.61 Å². The Hall–Kier alpha value is -1.53. The van der Waals surface area contributed by atoms with Gasteiger partial charge in [-0.25, -0.2) is 0 Å². The predicted octanol–water partition coefficient (Wildman–Crippen LogP) is 2.35. The van der Waals surface area contributed by atoms with Gasteiger partial charge in [-0.15, -0.1) is 0 Å². The van der Waals surface area contributed by atoms with Crippen LogP contribution in [0.15, 0.2) is 11.6 Å². The molecule has 0 amide bonds. The lowest BCUT2D eigenvalue weighted by molar-refractivity contribution is -0.200. The zero-order valence-electron chi connectivity index (χ0n) is 17.6. The summed E-state index contributed by atoms with van der Waals surface area (Å²) in [6.07, 6.45) is 5.59. The number of carbonyl (C=O) groups excluding carboxylic acids is 3. The number of hydrogen-bond donors (Lipinski definition) is 2. The third kappa shape index (κ3) is 2.71. The fourth-order valence-electron chi connectivity index (χ4n) is 7.73. The second kappa shape index (κ2) is 6.74. The summed E-state index contributed by atoms with van der Waals surface area (Å²) in [5.74, 6) is -0.462. The van der Waals surface area contributed by atoms with Gasteiger partial charge in [-0.05, 0) is 67.8 Å². The van der Waals surface area contributed by atoms with Crippen molar-refractivity contribution in [2.45, 2.75) is 77.4 Å². The number of Topliss-reactive ketones (excluding diaryl/α,β-unsaturated/α-hetero) is 1. The predicted molar refractivity (Wildman–Crippen MR) is 105 cm³/mol. The Morgan fingerprint density at radius 3 is 2.59 bits per heavy atom. The Bertz CT molecular complexity index is 786. The van der Waals surface area contributed by atoms with Crippen molar-refractivity contribution >= 4 is 17.5 Å². The van der Waals surface area contributed by atoms with Crippen molar-refractivity contribution in [3.8, 4) is 0 Å². The van der Waals surface area contributed by atoms with Crippen LogP contribution in [0.5, 0.6) is 0 Å². The molecule has 0 saturated heterocycles. The average Bonchev–Trinajstić information content (AvgIpc) is 2.93. The van der Waals surface area contributed by atoms with Gasteiger partial charge in [0.25, 0.3) is 0 Å². The quantitative estimate of drug-likeness (QED) is 0.701. The van der Waals surface area contributed by atoms with E-state index in [1.54, 1.807) is 6.08 Å². The van der Waals surface area contributed by atoms with E-state index in [4.69, 9.17) is 4.74 Å². The topological polar surface area (TPSA) is 101 Å². The minimum Gasteiger partial charge on any atom is -0.451 e. The first kappa shape index (κ1) is 20.7. The lowest BCUT2D eigenvalue weighted by Gasteiger charge is -2.60. The van der Waals surface area contributed by atoms with Gasteiger partial charge in [0.2, 0.25) is 5.78 Å². The lowest BCUT2D eigenvalue weighted by atomic mass is 9.45. The first-order valence-electron chi connectivity index (χ1n) is 10.8. The van der Waals surface area contributed by atoms with Crippen LogP contribution in [0.2, 0.25) is 0 Å². The van der Waals surface area contributed by atoms with Crippen LogP contribution in [0, 0.1) is 28.6 Å².